The van der Waals surface area contributed by atoms with Gasteiger partial charge in [0.05, 0.1) is 5.39 Å². The zero-order chi connectivity index (χ0) is 16.3. The Labute approximate surface area is 138 Å². The van der Waals surface area contributed by atoms with E-state index in [1.807, 2.05) is 0 Å². The van der Waals surface area contributed by atoms with Crippen LogP contribution < -0.4 is 0 Å². The lowest BCUT2D eigenvalue weighted by Crippen LogP contribution is -1.99. The molecule has 4 aromatic heterocycles. The van der Waals surface area contributed by atoms with E-state index in [4.69, 9.17) is 0 Å². The number of alkyl halides is 2. The van der Waals surface area contributed by atoms with Crippen LogP contribution in [-0.2, 0) is 12.8 Å². The van der Waals surface area contributed by atoms with Crippen molar-refractivity contribution in [2.24, 2.45) is 0 Å². The van der Waals surface area contributed by atoms with E-state index >= 15 is 0 Å². The van der Waals surface area contributed by atoms with Gasteiger partial charge in [-0.1, -0.05) is 0 Å². The zero-order valence-electron chi connectivity index (χ0n) is 12.5. The Hall–Kier alpha value is -2.42. The van der Waals surface area contributed by atoms with E-state index in [2.05, 4.69) is 20.2 Å². The number of aryl methyl sites for hydroxylation is 2. The predicted molar refractivity (Wildman–Crippen MR) is 85.3 cm³/mol. The average Bonchev–Trinajstić information content (AvgIpc) is 3.29. The van der Waals surface area contributed by atoms with Crippen molar-refractivity contribution in [3.8, 4) is 11.5 Å². The molecule has 122 valence electrons. The van der Waals surface area contributed by atoms with Crippen LogP contribution in [0.5, 0.6) is 0 Å². The number of aromatic nitrogens is 6. The Morgan fingerprint density at radius 3 is 2.88 bits per heavy atom. The molecule has 24 heavy (non-hydrogen) atoms. The van der Waals surface area contributed by atoms with Crippen molar-refractivity contribution < 1.29 is 8.78 Å². The maximum atomic E-state index is 12.7. The summed E-state index contributed by atoms with van der Waals surface area (Å²) >= 11 is 1.72. The first-order chi connectivity index (χ1) is 11.7. The van der Waals surface area contributed by atoms with Crippen molar-refractivity contribution in [1.82, 2.24) is 29.4 Å². The highest BCUT2D eigenvalue weighted by molar-refractivity contribution is 7.19. The number of hydrogen-bond donors (Lipinski definition) is 0. The van der Waals surface area contributed by atoms with Crippen LogP contribution in [0.25, 0.3) is 27.4 Å². The maximum absolute atomic E-state index is 12.7. The molecule has 0 bridgehead atoms. The van der Waals surface area contributed by atoms with Crippen LogP contribution in [0, 0.1) is 0 Å². The van der Waals surface area contributed by atoms with Gasteiger partial charge in [-0.3, -0.25) is 0 Å². The third kappa shape index (κ3) is 1.97. The van der Waals surface area contributed by atoms with Crippen molar-refractivity contribution in [1.29, 1.82) is 0 Å². The molecule has 0 saturated carbocycles. The zero-order valence-corrected chi connectivity index (χ0v) is 13.3. The maximum Gasteiger partial charge on any atom is 0.333 e. The van der Waals surface area contributed by atoms with E-state index in [1.165, 1.54) is 35.5 Å². The highest BCUT2D eigenvalue weighted by Gasteiger charge is 2.21. The summed E-state index contributed by atoms with van der Waals surface area (Å²) in [5.41, 5.74) is 2.37. The van der Waals surface area contributed by atoms with Crippen LogP contribution in [0.3, 0.4) is 0 Å². The third-order valence-corrected chi connectivity index (χ3v) is 5.53. The molecule has 4 heterocycles. The molecule has 0 aliphatic heterocycles. The topological polar surface area (TPSA) is 60.9 Å². The molecule has 0 aromatic carbocycles. The van der Waals surface area contributed by atoms with Gasteiger partial charge in [0.1, 0.15) is 16.9 Å². The summed E-state index contributed by atoms with van der Waals surface area (Å²) in [4.78, 5) is 11.4. The lowest BCUT2D eigenvalue weighted by molar-refractivity contribution is 0.0568. The van der Waals surface area contributed by atoms with Crippen LogP contribution in [-0.4, -0.2) is 29.4 Å². The van der Waals surface area contributed by atoms with Gasteiger partial charge in [-0.25, -0.2) is 19.2 Å². The van der Waals surface area contributed by atoms with Crippen LogP contribution in [0.15, 0.2) is 18.6 Å². The van der Waals surface area contributed by atoms with Gasteiger partial charge in [0.25, 0.3) is 0 Å². The minimum absolute atomic E-state index is 0.330. The first kappa shape index (κ1) is 14.0. The Kier molecular flexibility index (Phi) is 2.93. The normalized spacial score (nSPS) is 14.8. The van der Waals surface area contributed by atoms with Crippen LogP contribution >= 0.6 is 11.3 Å². The molecule has 0 fully saturated rings. The summed E-state index contributed by atoms with van der Waals surface area (Å²) in [7, 11) is 0. The highest BCUT2D eigenvalue weighted by Crippen LogP contribution is 2.37. The Morgan fingerprint density at radius 1 is 1.17 bits per heavy atom. The fourth-order valence-corrected chi connectivity index (χ4v) is 4.45. The second-order valence-corrected chi connectivity index (χ2v) is 6.88. The average molecular weight is 346 g/mol. The molecule has 1 aliphatic rings. The fourth-order valence-electron chi connectivity index (χ4n) is 3.23. The van der Waals surface area contributed by atoms with Crippen molar-refractivity contribution in [3.05, 3.63) is 29.0 Å². The lowest BCUT2D eigenvalue weighted by Gasteiger charge is -2.09. The van der Waals surface area contributed by atoms with Gasteiger partial charge in [0.15, 0.2) is 5.65 Å². The Morgan fingerprint density at radius 2 is 2.04 bits per heavy atom. The predicted octanol–water partition coefficient (Wildman–Crippen LogP) is 3.48. The summed E-state index contributed by atoms with van der Waals surface area (Å²) in [5.74, 6) is 0.333. The summed E-state index contributed by atoms with van der Waals surface area (Å²) in [6.07, 6.45) is 7.34. The second-order valence-electron chi connectivity index (χ2n) is 5.80. The van der Waals surface area contributed by atoms with E-state index < -0.39 is 6.55 Å². The standard InChI is InChI=1S/C15H12F2N6S/c16-15(17)22-6-5-9(20-22)12-19-13-11-8-3-1-2-4-10(8)24-14(11)18-7-23(13)21-12/h5-7,15H,1-4H2. The first-order valence-corrected chi connectivity index (χ1v) is 8.51. The summed E-state index contributed by atoms with van der Waals surface area (Å²) in [5, 5.41) is 9.25. The molecule has 0 unspecified atom stereocenters. The molecular weight excluding hydrogens is 334 g/mol. The van der Waals surface area contributed by atoms with Gasteiger partial charge in [-0.2, -0.15) is 13.9 Å². The van der Waals surface area contributed by atoms with Crippen LogP contribution in [0.4, 0.5) is 8.78 Å². The molecule has 0 saturated heterocycles. The molecule has 9 heteroatoms. The van der Waals surface area contributed by atoms with Crippen molar-refractivity contribution in [2.45, 2.75) is 32.2 Å². The first-order valence-electron chi connectivity index (χ1n) is 7.70. The molecule has 1 aliphatic carbocycles. The number of hydrogen-bond acceptors (Lipinski definition) is 5. The minimum atomic E-state index is -2.67. The SMILES string of the molecule is FC(F)n1ccc(-c2nc3c4c5c(sc4ncn3n2)CCCC5)n1. The van der Waals surface area contributed by atoms with Crippen LogP contribution in [0.1, 0.15) is 29.8 Å². The van der Waals surface area contributed by atoms with Crippen LogP contribution in [0.2, 0.25) is 0 Å². The highest BCUT2D eigenvalue weighted by atomic mass is 32.1. The minimum Gasteiger partial charge on any atom is -0.225 e. The molecule has 0 N–H and O–H groups in total. The summed E-state index contributed by atoms with van der Waals surface area (Å²) in [6.45, 7) is -2.67. The lowest BCUT2D eigenvalue weighted by atomic mass is 9.97. The van der Waals surface area contributed by atoms with Gasteiger partial charge >= 0.3 is 6.55 Å². The molecule has 4 aromatic rings. The number of halogens is 2. The molecule has 0 radical (unpaired) electrons. The van der Waals surface area contributed by atoms with Gasteiger partial charge in [0.2, 0.25) is 5.82 Å². The van der Waals surface area contributed by atoms with Gasteiger partial charge in [-0.15, -0.1) is 16.4 Å². The molecule has 0 atom stereocenters. The molecule has 0 spiro atoms. The van der Waals surface area contributed by atoms with Crippen molar-refractivity contribution in [3.63, 3.8) is 0 Å². The van der Waals surface area contributed by atoms with Gasteiger partial charge in [0, 0.05) is 11.1 Å². The van der Waals surface area contributed by atoms with E-state index in [1.54, 1.807) is 22.2 Å². The van der Waals surface area contributed by atoms with E-state index in [0.717, 1.165) is 28.7 Å². The van der Waals surface area contributed by atoms with E-state index in [9.17, 15) is 8.78 Å². The number of thiophene rings is 1. The fraction of sp³-hybridized carbons (Fsp3) is 0.333. The number of rotatable bonds is 2. The molecule has 6 nitrogen and oxygen atoms in total. The van der Waals surface area contributed by atoms with Gasteiger partial charge in [-0.05, 0) is 37.3 Å². The van der Waals surface area contributed by atoms with Crippen molar-refractivity contribution >= 4 is 27.2 Å². The summed E-state index contributed by atoms with van der Waals surface area (Å²) < 4.78 is 27.6. The second kappa shape index (κ2) is 5.04. The molecule has 0 amide bonds. The Bertz CT molecular complexity index is 1060. The molecule has 5 rings (SSSR count). The smallest absolute Gasteiger partial charge is 0.225 e. The summed E-state index contributed by atoms with van der Waals surface area (Å²) in [6, 6.07) is 1.49. The Balaban J connectivity index is 1.72. The third-order valence-electron chi connectivity index (χ3n) is 4.33. The number of nitrogens with zero attached hydrogens (tertiary/aromatic N) is 6. The van der Waals surface area contributed by atoms with E-state index in [0.29, 0.717) is 16.2 Å². The van der Waals surface area contributed by atoms with Gasteiger partial charge < -0.3 is 0 Å². The molecular formula is C15H12F2N6S. The number of fused-ring (bicyclic) bond motifs is 5. The quantitative estimate of drug-likeness (QED) is 0.557. The van der Waals surface area contributed by atoms with Crippen molar-refractivity contribution in [2.75, 3.05) is 0 Å². The monoisotopic (exact) mass is 346 g/mol. The van der Waals surface area contributed by atoms with E-state index in [-0.39, 0.29) is 0 Å². The largest absolute Gasteiger partial charge is 0.333 e.